The average molecular weight is 345 g/mol. The number of thiazole rings is 1. The molecule has 2 N–H and O–H groups in total. The van der Waals surface area contributed by atoms with Crippen molar-refractivity contribution in [2.24, 2.45) is 0 Å². The molecule has 1 aromatic heterocycles. The molecule has 0 amide bonds. The van der Waals surface area contributed by atoms with Crippen molar-refractivity contribution in [2.45, 2.75) is 45.3 Å². The number of aromatic nitrogens is 1. The van der Waals surface area contributed by atoms with Crippen molar-refractivity contribution in [3.8, 4) is 0 Å². The van der Waals surface area contributed by atoms with Gasteiger partial charge in [0.25, 0.3) is 0 Å². The van der Waals surface area contributed by atoms with Gasteiger partial charge in [0, 0.05) is 36.8 Å². The molecule has 1 aromatic carbocycles. The molecule has 0 aliphatic carbocycles. The van der Waals surface area contributed by atoms with E-state index in [0.717, 1.165) is 26.2 Å². The Morgan fingerprint density at radius 3 is 2.88 bits per heavy atom. The van der Waals surface area contributed by atoms with Gasteiger partial charge in [0.2, 0.25) is 0 Å². The van der Waals surface area contributed by atoms with Crippen molar-refractivity contribution in [2.75, 3.05) is 25.4 Å². The summed E-state index contributed by atoms with van der Waals surface area (Å²) in [5.41, 5.74) is 7.21. The standard InChI is InChI=1S/C19H28N4S/c1-2-10-23(15-18-12-21-19(20)24-18)17-9-6-11-22(14-17)13-16-7-4-3-5-8-16/h3-5,7-8,12,17H,2,6,9-11,13-15H2,1H3,(H2,20,21). The zero-order chi connectivity index (χ0) is 16.8. The van der Waals surface area contributed by atoms with Gasteiger partial charge in [-0.15, -0.1) is 11.3 Å². The summed E-state index contributed by atoms with van der Waals surface area (Å²) in [4.78, 5) is 10.7. The summed E-state index contributed by atoms with van der Waals surface area (Å²) in [6.07, 6.45) is 5.69. The summed E-state index contributed by atoms with van der Waals surface area (Å²) in [7, 11) is 0. The third-order valence-corrected chi connectivity index (χ3v) is 5.50. The maximum absolute atomic E-state index is 5.80. The van der Waals surface area contributed by atoms with Crippen LogP contribution in [0.2, 0.25) is 0 Å². The number of rotatable bonds is 7. The molecule has 1 aliphatic heterocycles. The Morgan fingerprint density at radius 1 is 1.33 bits per heavy atom. The fourth-order valence-corrected chi connectivity index (χ4v) is 4.30. The quantitative estimate of drug-likeness (QED) is 0.833. The topological polar surface area (TPSA) is 45.4 Å². The highest BCUT2D eigenvalue weighted by Gasteiger charge is 2.25. The molecule has 2 heterocycles. The van der Waals surface area contributed by atoms with Crippen LogP contribution >= 0.6 is 11.3 Å². The zero-order valence-electron chi connectivity index (χ0n) is 14.5. The minimum atomic E-state index is 0.630. The Kier molecular flexibility index (Phi) is 6.24. The van der Waals surface area contributed by atoms with E-state index in [4.69, 9.17) is 5.73 Å². The number of piperidine rings is 1. The second kappa shape index (κ2) is 8.60. The van der Waals surface area contributed by atoms with Gasteiger partial charge in [0.05, 0.1) is 0 Å². The number of likely N-dealkylation sites (tertiary alicyclic amines) is 1. The number of nitrogen functional groups attached to an aromatic ring is 1. The van der Waals surface area contributed by atoms with Gasteiger partial charge in [0.15, 0.2) is 5.13 Å². The lowest BCUT2D eigenvalue weighted by Crippen LogP contribution is -2.47. The Hall–Kier alpha value is -1.43. The molecule has 5 heteroatoms. The van der Waals surface area contributed by atoms with Crippen molar-refractivity contribution < 1.29 is 0 Å². The second-order valence-electron chi connectivity index (χ2n) is 6.65. The van der Waals surface area contributed by atoms with Gasteiger partial charge in [-0.05, 0) is 37.9 Å². The number of hydrogen-bond donors (Lipinski definition) is 1. The van der Waals surface area contributed by atoms with Crippen molar-refractivity contribution >= 4 is 16.5 Å². The van der Waals surface area contributed by atoms with Crippen LogP contribution in [0, 0.1) is 0 Å². The highest BCUT2D eigenvalue weighted by Crippen LogP contribution is 2.23. The first-order chi connectivity index (χ1) is 11.7. The summed E-state index contributed by atoms with van der Waals surface area (Å²) in [5, 5.41) is 0.677. The van der Waals surface area contributed by atoms with Crippen molar-refractivity contribution in [3.05, 3.63) is 47.0 Å². The molecule has 4 nitrogen and oxygen atoms in total. The lowest BCUT2D eigenvalue weighted by Gasteiger charge is -2.39. The monoisotopic (exact) mass is 344 g/mol. The van der Waals surface area contributed by atoms with Crippen LogP contribution in [-0.2, 0) is 13.1 Å². The molecule has 1 unspecified atom stereocenters. The summed E-state index contributed by atoms with van der Waals surface area (Å²) >= 11 is 1.62. The van der Waals surface area contributed by atoms with Crippen LogP contribution in [0.3, 0.4) is 0 Å². The van der Waals surface area contributed by atoms with Crippen LogP contribution in [0.25, 0.3) is 0 Å². The smallest absolute Gasteiger partial charge is 0.180 e. The first-order valence-electron chi connectivity index (χ1n) is 8.95. The third-order valence-electron chi connectivity index (χ3n) is 4.69. The molecular weight excluding hydrogens is 316 g/mol. The molecule has 1 saturated heterocycles. The molecule has 0 saturated carbocycles. The van der Waals surface area contributed by atoms with E-state index in [-0.39, 0.29) is 0 Å². The van der Waals surface area contributed by atoms with E-state index in [9.17, 15) is 0 Å². The largest absolute Gasteiger partial charge is 0.375 e. The van der Waals surface area contributed by atoms with Crippen LogP contribution in [0.5, 0.6) is 0 Å². The first-order valence-corrected chi connectivity index (χ1v) is 9.76. The Morgan fingerprint density at radius 2 is 2.17 bits per heavy atom. The molecular formula is C19H28N4S. The molecule has 0 radical (unpaired) electrons. The highest BCUT2D eigenvalue weighted by atomic mass is 32.1. The van der Waals surface area contributed by atoms with Crippen LogP contribution in [0.4, 0.5) is 5.13 Å². The lowest BCUT2D eigenvalue weighted by molar-refractivity contribution is 0.0883. The van der Waals surface area contributed by atoms with E-state index >= 15 is 0 Å². The first kappa shape index (κ1) is 17.4. The fraction of sp³-hybridized carbons (Fsp3) is 0.526. The Labute approximate surface area is 149 Å². The number of nitrogens with zero attached hydrogens (tertiary/aromatic N) is 3. The minimum absolute atomic E-state index is 0.630. The molecule has 3 rings (SSSR count). The average Bonchev–Trinajstić information content (AvgIpc) is 3.01. The van der Waals surface area contributed by atoms with Gasteiger partial charge in [-0.1, -0.05) is 37.3 Å². The summed E-state index contributed by atoms with van der Waals surface area (Å²) < 4.78 is 0. The van der Waals surface area contributed by atoms with Gasteiger partial charge in [0.1, 0.15) is 0 Å². The molecule has 0 spiro atoms. The van der Waals surface area contributed by atoms with E-state index in [1.165, 1.54) is 36.2 Å². The summed E-state index contributed by atoms with van der Waals surface area (Å²) in [5.74, 6) is 0. The molecule has 1 fully saturated rings. The van der Waals surface area contributed by atoms with Crippen molar-refractivity contribution in [1.82, 2.24) is 14.8 Å². The number of nitrogens with two attached hydrogens (primary N) is 1. The van der Waals surface area contributed by atoms with E-state index in [0.29, 0.717) is 11.2 Å². The van der Waals surface area contributed by atoms with Gasteiger partial charge in [-0.25, -0.2) is 4.98 Å². The SMILES string of the molecule is CCCN(Cc1cnc(N)s1)C1CCCN(Cc2ccccc2)C1. The van der Waals surface area contributed by atoms with Crippen LogP contribution in [0.1, 0.15) is 36.6 Å². The highest BCUT2D eigenvalue weighted by molar-refractivity contribution is 7.15. The molecule has 1 aliphatic rings. The predicted molar refractivity (Wildman–Crippen MR) is 102 cm³/mol. The molecule has 2 aromatic rings. The maximum Gasteiger partial charge on any atom is 0.180 e. The molecule has 24 heavy (non-hydrogen) atoms. The second-order valence-corrected chi connectivity index (χ2v) is 7.80. The molecule has 130 valence electrons. The zero-order valence-corrected chi connectivity index (χ0v) is 15.3. The van der Waals surface area contributed by atoms with Crippen LogP contribution in [-0.4, -0.2) is 40.5 Å². The maximum atomic E-state index is 5.80. The Balaban J connectivity index is 1.62. The lowest BCUT2D eigenvalue weighted by atomic mass is 10.0. The predicted octanol–water partition coefficient (Wildman–Crippen LogP) is 3.60. The summed E-state index contributed by atoms with van der Waals surface area (Å²) in [6, 6.07) is 11.4. The number of anilines is 1. The minimum Gasteiger partial charge on any atom is -0.375 e. The van der Waals surface area contributed by atoms with E-state index in [2.05, 4.69) is 52.0 Å². The van der Waals surface area contributed by atoms with Crippen molar-refractivity contribution in [3.63, 3.8) is 0 Å². The molecule has 0 bridgehead atoms. The Bertz CT molecular complexity index is 613. The van der Waals surface area contributed by atoms with Gasteiger partial charge in [-0.2, -0.15) is 0 Å². The summed E-state index contributed by atoms with van der Waals surface area (Å²) in [6.45, 7) is 7.81. The fourth-order valence-electron chi connectivity index (χ4n) is 3.59. The molecule has 1 atom stereocenters. The van der Waals surface area contributed by atoms with Crippen LogP contribution in [0.15, 0.2) is 36.5 Å². The number of benzene rings is 1. The van der Waals surface area contributed by atoms with E-state index < -0.39 is 0 Å². The number of hydrogen-bond acceptors (Lipinski definition) is 5. The van der Waals surface area contributed by atoms with Gasteiger partial charge in [-0.3, -0.25) is 9.80 Å². The van der Waals surface area contributed by atoms with Crippen molar-refractivity contribution in [1.29, 1.82) is 0 Å². The van der Waals surface area contributed by atoms with Gasteiger partial charge >= 0.3 is 0 Å². The van der Waals surface area contributed by atoms with Gasteiger partial charge < -0.3 is 5.73 Å². The van der Waals surface area contributed by atoms with E-state index in [1.807, 2.05) is 6.20 Å². The van der Waals surface area contributed by atoms with Crippen LogP contribution < -0.4 is 5.73 Å². The third kappa shape index (κ3) is 4.79. The van der Waals surface area contributed by atoms with E-state index in [1.54, 1.807) is 11.3 Å². The normalized spacial score (nSPS) is 19.0.